The SMILES string of the molecule is O=C(COc1ccc(F)cc1)NNC(=O)Cc1csc(-c2ccccn2)n1. The van der Waals surface area contributed by atoms with E-state index in [1.807, 2.05) is 18.2 Å². The van der Waals surface area contributed by atoms with Gasteiger partial charge in [0, 0.05) is 11.6 Å². The Balaban J connectivity index is 1.42. The van der Waals surface area contributed by atoms with Crippen molar-refractivity contribution in [2.24, 2.45) is 0 Å². The van der Waals surface area contributed by atoms with Gasteiger partial charge in [0.1, 0.15) is 16.6 Å². The summed E-state index contributed by atoms with van der Waals surface area (Å²) in [5, 5.41) is 2.48. The normalized spacial score (nSPS) is 10.3. The number of carbonyl (C=O) groups excluding carboxylic acids is 2. The zero-order chi connectivity index (χ0) is 19.1. The predicted octanol–water partition coefficient (Wildman–Crippen LogP) is 2.11. The van der Waals surface area contributed by atoms with E-state index in [9.17, 15) is 14.0 Å². The minimum Gasteiger partial charge on any atom is -0.484 e. The number of ether oxygens (including phenoxy) is 1. The summed E-state index contributed by atoms with van der Waals surface area (Å²) in [7, 11) is 0. The van der Waals surface area contributed by atoms with Crippen molar-refractivity contribution in [1.29, 1.82) is 0 Å². The number of rotatable bonds is 6. The highest BCUT2D eigenvalue weighted by atomic mass is 32.1. The summed E-state index contributed by atoms with van der Waals surface area (Å²) in [5.41, 5.74) is 5.86. The van der Waals surface area contributed by atoms with Gasteiger partial charge in [0.2, 0.25) is 5.91 Å². The second-order valence-electron chi connectivity index (χ2n) is 5.37. The van der Waals surface area contributed by atoms with Gasteiger partial charge in [0.25, 0.3) is 5.91 Å². The molecule has 27 heavy (non-hydrogen) atoms. The highest BCUT2D eigenvalue weighted by Gasteiger charge is 2.11. The number of hydrazine groups is 1. The maximum Gasteiger partial charge on any atom is 0.276 e. The van der Waals surface area contributed by atoms with Crippen LogP contribution in [-0.4, -0.2) is 28.4 Å². The maximum absolute atomic E-state index is 12.8. The molecule has 0 unspecified atom stereocenters. The third-order valence-corrected chi connectivity index (χ3v) is 4.22. The molecule has 0 saturated carbocycles. The fourth-order valence-corrected chi connectivity index (χ4v) is 2.85. The predicted molar refractivity (Wildman–Crippen MR) is 97.2 cm³/mol. The lowest BCUT2D eigenvalue weighted by molar-refractivity contribution is -0.129. The quantitative estimate of drug-likeness (QED) is 0.633. The summed E-state index contributed by atoms with van der Waals surface area (Å²) in [6.45, 7) is -0.313. The first-order chi connectivity index (χ1) is 13.1. The van der Waals surface area contributed by atoms with Crippen LogP contribution in [0.25, 0.3) is 10.7 Å². The lowest BCUT2D eigenvalue weighted by Crippen LogP contribution is -2.44. The van der Waals surface area contributed by atoms with E-state index in [2.05, 4.69) is 20.8 Å². The summed E-state index contributed by atoms with van der Waals surface area (Å²) in [6.07, 6.45) is 1.69. The van der Waals surface area contributed by atoms with E-state index >= 15 is 0 Å². The molecule has 0 atom stereocenters. The fourth-order valence-electron chi connectivity index (χ4n) is 2.06. The van der Waals surface area contributed by atoms with E-state index in [1.165, 1.54) is 35.6 Å². The van der Waals surface area contributed by atoms with Crippen molar-refractivity contribution in [2.75, 3.05) is 6.61 Å². The van der Waals surface area contributed by atoms with Gasteiger partial charge in [-0.1, -0.05) is 6.07 Å². The number of nitrogens with zero attached hydrogens (tertiary/aromatic N) is 2. The lowest BCUT2D eigenvalue weighted by Gasteiger charge is -2.08. The van der Waals surface area contributed by atoms with Gasteiger partial charge in [0.05, 0.1) is 17.8 Å². The molecule has 0 fully saturated rings. The zero-order valence-corrected chi connectivity index (χ0v) is 14.8. The van der Waals surface area contributed by atoms with Gasteiger partial charge in [-0.15, -0.1) is 11.3 Å². The summed E-state index contributed by atoms with van der Waals surface area (Å²) in [6, 6.07) is 10.8. The van der Waals surface area contributed by atoms with Crippen molar-refractivity contribution < 1.29 is 18.7 Å². The molecular weight excluding hydrogens is 371 g/mol. The number of aromatic nitrogens is 2. The lowest BCUT2D eigenvalue weighted by atomic mass is 10.3. The second-order valence-corrected chi connectivity index (χ2v) is 6.23. The number of hydrogen-bond donors (Lipinski definition) is 2. The molecule has 2 N–H and O–H groups in total. The molecule has 9 heteroatoms. The highest BCUT2D eigenvalue weighted by molar-refractivity contribution is 7.13. The first kappa shape index (κ1) is 18.5. The molecule has 0 saturated heterocycles. The average Bonchev–Trinajstić information content (AvgIpc) is 3.15. The summed E-state index contributed by atoms with van der Waals surface area (Å²) >= 11 is 1.39. The number of hydrogen-bond acceptors (Lipinski definition) is 6. The Kier molecular flexibility index (Phi) is 6.06. The van der Waals surface area contributed by atoms with Crippen molar-refractivity contribution in [2.45, 2.75) is 6.42 Å². The Morgan fingerprint density at radius 1 is 1.07 bits per heavy atom. The highest BCUT2D eigenvalue weighted by Crippen LogP contribution is 2.21. The van der Waals surface area contributed by atoms with Gasteiger partial charge in [-0.05, 0) is 36.4 Å². The smallest absolute Gasteiger partial charge is 0.276 e. The number of amides is 2. The van der Waals surface area contributed by atoms with Gasteiger partial charge in [-0.3, -0.25) is 25.4 Å². The fraction of sp³-hybridized carbons (Fsp3) is 0.111. The maximum atomic E-state index is 12.8. The van der Waals surface area contributed by atoms with E-state index in [4.69, 9.17) is 4.74 Å². The first-order valence-corrected chi connectivity index (χ1v) is 8.80. The second kappa shape index (κ2) is 8.86. The Hall–Kier alpha value is -3.33. The number of thiazole rings is 1. The molecule has 1 aromatic carbocycles. The van der Waals surface area contributed by atoms with E-state index < -0.39 is 17.6 Å². The number of halogens is 1. The number of nitrogens with one attached hydrogen (secondary N) is 2. The van der Waals surface area contributed by atoms with Gasteiger partial charge in [0.15, 0.2) is 6.61 Å². The average molecular weight is 386 g/mol. The molecular formula is C18H15FN4O3S. The minimum atomic E-state index is -0.542. The molecule has 2 heterocycles. The summed E-state index contributed by atoms with van der Waals surface area (Å²) in [4.78, 5) is 32.2. The molecule has 138 valence electrons. The zero-order valence-electron chi connectivity index (χ0n) is 14.0. The van der Waals surface area contributed by atoms with Gasteiger partial charge >= 0.3 is 0 Å². The molecule has 0 bridgehead atoms. The topological polar surface area (TPSA) is 93.2 Å². The van der Waals surface area contributed by atoms with Crippen molar-refractivity contribution in [3.8, 4) is 16.5 Å². The minimum absolute atomic E-state index is 0.0163. The summed E-state index contributed by atoms with van der Waals surface area (Å²) < 4.78 is 18.0. The van der Waals surface area contributed by atoms with Crippen LogP contribution >= 0.6 is 11.3 Å². The van der Waals surface area contributed by atoms with E-state index in [-0.39, 0.29) is 13.0 Å². The Bertz CT molecular complexity index is 916. The van der Waals surface area contributed by atoms with Crippen LogP contribution in [0.3, 0.4) is 0 Å². The van der Waals surface area contributed by atoms with Gasteiger partial charge < -0.3 is 4.74 Å². The number of pyridine rings is 1. The van der Waals surface area contributed by atoms with Crippen molar-refractivity contribution >= 4 is 23.2 Å². The van der Waals surface area contributed by atoms with Crippen LogP contribution in [0.4, 0.5) is 4.39 Å². The molecule has 7 nitrogen and oxygen atoms in total. The van der Waals surface area contributed by atoms with Crippen LogP contribution in [-0.2, 0) is 16.0 Å². The number of carbonyl (C=O) groups is 2. The van der Waals surface area contributed by atoms with E-state index in [1.54, 1.807) is 11.6 Å². The molecule has 3 rings (SSSR count). The Labute approximate surface area is 158 Å². The van der Waals surface area contributed by atoms with Gasteiger partial charge in [-0.25, -0.2) is 9.37 Å². The van der Waals surface area contributed by atoms with E-state index in [0.29, 0.717) is 11.4 Å². The molecule has 0 aliphatic rings. The van der Waals surface area contributed by atoms with Gasteiger partial charge in [-0.2, -0.15) is 0 Å². The van der Waals surface area contributed by atoms with Crippen molar-refractivity contribution in [3.63, 3.8) is 0 Å². The van der Waals surface area contributed by atoms with Crippen LogP contribution in [0, 0.1) is 5.82 Å². The largest absolute Gasteiger partial charge is 0.484 e. The van der Waals surface area contributed by atoms with Crippen LogP contribution in [0.15, 0.2) is 54.0 Å². The summed E-state index contributed by atoms with van der Waals surface area (Å²) in [5.74, 6) is -1.00. The molecule has 2 amide bonds. The monoisotopic (exact) mass is 386 g/mol. The Morgan fingerprint density at radius 2 is 1.85 bits per heavy atom. The van der Waals surface area contributed by atoms with Crippen LogP contribution in [0.1, 0.15) is 5.69 Å². The third-order valence-electron chi connectivity index (χ3n) is 3.30. The Morgan fingerprint density at radius 3 is 2.59 bits per heavy atom. The third kappa shape index (κ3) is 5.58. The standard InChI is InChI=1S/C18H15FN4O3S/c19-12-4-6-14(7-5-12)26-10-17(25)23-22-16(24)9-13-11-27-18(21-13)15-3-1-2-8-20-15/h1-8,11H,9-10H2,(H,22,24)(H,23,25). The molecule has 0 aliphatic heterocycles. The molecule has 0 radical (unpaired) electrons. The van der Waals surface area contributed by atoms with E-state index in [0.717, 1.165) is 10.7 Å². The molecule has 0 aliphatic carbocycles. The molecule has 3 aromatic rings. The van der Waals surface area contributed by atoms with Crippen LogP contribution in [0.2, 0.25) is 0 Å². The number of benzene rings is 1. The van der Waals surface area contributed by atoms with Crippen LogP contribution < -0.4 is 15.6 Å². The first-order valence-electron chi connectivity index (χ1n) is 7.92. The molecule has 0 spiro atoms. The van der Waals surface area contributed by atoms with Crippen molar-refractivity contribution in [1.82, 2.24) is 20.8 Å². The van der Waals surface area contributed by atoms with Crippen molar-refractivity contribution in [3.05, 3.63) is 65.6 Å². The molecule has 2 aromatic heterocycles. The van der Waals surface area contributed by atoms with Crippen LogP contribution in [0.5, 0.6) is 5.75 Å².